The molecule has 1 aromatic carbocycles. The van der Waals surface area contributed by atoms with Crippen LogP contribution in [0.4, 0.5) is 0 Å². The highest BCUT2D eigenvalue weighted by Crippen LogP contribution is 2.27. The van der Waals surface area contributed by atoms with Crippen molar-refractivity contribution in [3.8, 4) is 11.5 Å². The summed E-state index contributed by atoms with van der Waals surface area (Å²) in [5.74, 6) is 1.22. The molecule has 1 aliphatic rings. The number of nitrogens with zero attached hydrogens (tertiary/aromatic N) is 4. The van der Waals surface area contributed by atoms with Gasteiger partial charge in [-0.25, -0.2) is 0 Å². The minimum Gasteiger partial charge on any atom is -0.334 e. The zero-order valence-corrected chi connectivity index (χ0v) is 12.4. The number of hydrogen-bond donors (Lipinski definition) is 1. The van der Waals surface area contributed by atoms with Crippen LogP contribution in [0.15, 0.2) is 35.0 Å². The van der Waals surface area contributed by atoms with Gasteiger partial charge < -0.3 is 10.3 Å². The highest BCUT2D eigenvalue weighted by molar-refractivity contribution is 5.56. The standard InChI is InChI=1S/C16H17N5O/c1-21-14(4-5-18-21)9-15-19-16(22-20-15)11-3-2-10-7-13(17)8-12(10)6-11/h2-6,13H,7-9,17H2,1H3. The summed E-state index contributed by atoms with van der Waals surface area (Å²) in [6, 6.07) is 8.44. The largest absolute Gasteiger partial charge is 0.334 e. The molecule has 2 heterocycles. The van der Waals surface area contributed by atoms with Crippen LogP contribution in [0.25, 0.3) is 11.5 Å². The lowest BCUT2D eigenvalue weighted by molar-refractivity contribution is 0.423. The first kappa shape index (κ1) is 13.2. The Morgan fingerprint density at radius 1 is 1.27 bits per heavy atom. The van der Waals surface area contributed by atoms with Crippen LogP contribution in [0.3, 0.4) is 0 Å². The van der Waals surface area contributed by atoms with Gasteiger partial charge in [0, 0.05) is 30.5 Å². The maximum Gasteiger partial charge on any atom is 0.257 e. The minimum atomic E-state index is 0.230. The number of hydrogen-bond acceptors (Lipinski definition) is 5. The molecule has 0 saturated carbocycles. The lowest BCUT2D eigenvalue weighted by Crippen LogP contribution is -2.18. The van der Waals surface area contributed by atoms with Crippen LogP contribution in [-0.2, 0) is 26.3 Å². The highest BCUT2D eigenvalue weighted by Gasteiger charge is 2.19. The molecule has 2 aromatic heterocycles. The molecule has 1 aliphatic carbocycles. The van der Waals surface area contributed by atoms with Crippen molar-refractivity contribution >= 4 is 0 Å². The first-order valence-corrected chi connectivity index (χ1v) is 7.36. The Balaban J connectivity index is 1.59. The molecule has 22 heavy (non-hydrogen) atoms. The number of aromatic nitrogens is 4. The van der Waals surface area contributed by atoms with Crippen molar-refractivity contribution in [3.05, 3.63) is 53.1 Å². The number of fused-ring (bicyclic) bond motifs is 1. The molecule has 0 bridgehead atoms. The van der Waals surface area contributed by atoms with Gasteiger partial charge >= 0.3 is 0 Å². The Bertz CT molecular complexity index is 820. The van der Waals surface area contributed by atoms with Crippen molar-refractivity contribution in [1.29, 1.82) is 0 Å². The first-order valence-electron chi connectivity index (χ1n) is 7.36. The summed E-state index contributed by atoms with van der Waals surface area (Å²) in [6.07, 6.45) is 4.24. The topological polar surface area (TPSA) is 82.8 Å². The second-order valence-corrected chi connectivity index (χ2v) is 5.79. The maximum atomic E-state index is 6.01. The van der Waals surface area contributed by atoms with Gasteiger partial charge in [0.25, 0.3) is 5.89 Å². The normalized spacial score (nSPS) is 16.9. The van der Waals surface area contributed by atoms with Gasteiger partial charge in [0.2, 0.25) is 0 Å². The third kappa shape index (κ3) is 2.31. The molecule has 0 spiro atoms. The van der Waals surface area contributed by atoms with E-state index in [0.29, 0.717) is 18.1 Å². The zero-order chi connectivity index (χ0) is 15.1. The van der Waals surface area contributed by atoms with Crippen LogP contribution < -0.4 is 5.73 Å². The second-order valence-electron chi connectivity index (χ2n) is 5.79. The number of rotatable bonds is 3. The fourth-order valence-electron chi connectivity index (χ4n) is 2.96. The van der Waals surface area contributed by atoms with E-state index in [-0.39, 0.29) is 6.04 Å². The van der Waals surface area contributed by atoms with Crippen LogP contribution in [0.1, 0.15) is 22.6 Å². The molecular formula is C16H17N5O. The van der Waals surface area contributed by atoms with E-state index < -0.39 is 0 Å². The van der Waals surface area contributed by atoms with Gasteiger partial charge in [-0.05, 0) is 42.2 Å². The maximum absolute atomic E-state index is 6.01. The fraction of sp³-hybridized carbons (Fsp3) is 0.312. The molecule has 2 N–H and O–H groups in total. The predicted octanol–water partition coefficient (Wildman–Crippen LogP) is 1.49. The quantitative estimate of drug-likeness (QED) is 0.791. The molecule has 6 heteroatoms. The Labute approximate surface area is 127 Å². The van der Waals surface area contributed by atoms with Crippen LogP contribution >= 0.6 is 0 Å². The van der Waals surface area contributed by atoms with Crippen LogP contribution in [0.2, 0.25) is 0 Å². The smallest absolute Gasteiger partial charge is 0.257 e. The second kappa shape index (κ2) is 5.06. The number of nitrogens with two attached hydrogens (primary N) is 1. The van der Waals surface area contributed by atoms with Gasteiger partial charge in [-0.3, -0.25) is 4.68 Å². The van der Waals surface area contributed by atoms with Gasteiger partial charge in [0.15, 0.2) is 5.82 Å². The summed E-state index contributed by atoms with van der Waals surface area (Å²) in [5.41, 5.74) is 10.6. The lowest BCUT2D eigenvalue weighted by Gasteiger charge is -2.00. The van der Waals surface area contributed by atoms with Gasteiger partial charge in [-0.15, -0.1) is 0 Å². The minimum absolute atomic E-state index is 0.230. The third-order valence-electron chi connectivity index (χ3n) is 4.15. The monoisotopic (exact) mass is 295 g/mol. The third-order valence-corrected chi connectivity index (χ3v) is 4.15. The van der Waals surface area contributed by atoms with E-state index in [9.17, 15) is 0 Å². The van der Waals surface area contributed by atoms with Crippen LogP contribution in [0.5, 0.6) is 0 Å². The Hall–Kier alpha value is -2.47. The molecule has 1 atom stereocenters. The molecule has 0 aliphatic heterocycles. The molecule has 3 aromatic rings. The Morgan fingerprint density at radius 3 is 2.95 bits per heavy atom. The van der Waals surface area contributed by atoms with E-state index in [0.717, 1.165) is 24.1 Å². The molecule has 0 saturated heterocycles. The zero-order valence-electron chi connectivity index (χ0n) is 12.4. The van der Waals surface area contributed by atoms with E-state index in [1.165, 1.54) is 11.1 Å². The molecule has 1 unspecified atom stereocenters. The van der Waals surface area contributed by atoms with Gasteiger partial charge in [0.05, 0.1) is 6.42 Å². The van der Waals surface area contributed by atoms with E-state index >= 15 is 0 Å². The van der Waals surface area contributed by atoms with Crippen molar-refractivity contribution in [3.63, 3.8) is 0 Å². The van der Waals surface area contributed by atoms with Crippen LogP contribution in [0, 0.1) is 0 Å². The molecule has 4 rings (SSSR count). The molecule has 0 radical (unpaired) electrons. The first-order chi connectivity index (χ1) is 10.7. The number of benzene rings is 1. The van der Waals surface area contributed by atoms with Crippen molar-refractivity contribution < 1.29 is 4.52 Å². The predicted molar refractivity (Wildman–Crippen MR) is 81.1 cm³/mol. The van der Waals surface area contributed by atoms with Crippen molar-refractivity contribution in [2.24, 2.45) is 12.8 Å². The summed E-state index contributed by atoms with van der Waals surface area (Å²) in [4.78, 5) is 4.49. The van der Waals surface area contributed by atoms with Gasteiger partial charge in [-0.2, -0.15) is 10.1 Å². The Kier molecular flexibility index (Phi) is 3.04. The molecule has 0 fully saturated rings. The Morgan fingerprint density at radius 2 is 2.14 bits per heavy atom. The highest BCUT2D eigenvalue weighted by atomic mass is 16.5. The van der Waals surface area contributed by atoms with E-state index in [2.05, 4.69) is 27.4 Å². The van der Waals surface area contributed by atoms with E-state index in [1.54, 1.807) is 6.20 Å². The van der Waals surface area contributed by atoms with Crippen LogP contribution in [-0.4, -0.2) is 26.0 Å². The van der Waals surface area contributed by atoms with Gasteiger partial charge in [-0.1, -0.05) is 11.2 Å². The summed E-state index contributed by atoms with van der Waals surface area (Å²) >= 11 is 0. The van der Waals surface area contributed by atoms with E-state index in [1.807, 2.05) is 23.9 Å². The SMILES string of the molecule is Cn1nccc1Cc1noc(-c2ccc3c(c2)CC(N)C3)n1. The van der Waals surface area contributed by atoms with Gasteiger partial charge in [0.1, 0.15) is 0 Å². The average molecular weight is 295 g/mol. The van der Waals surface area contributed by atoms with E-state index in [4.69, 9.17) is 10.3 Å². The summed E-state index contributed by atoms with van der Waals surface area (Å²) in [7, 11) is 1.90. The molecule has 6 nitrogen and oxygen atoms in total. The molecular weight excluding hydrogens is 278 g/mol. The fourth-order valence-corrected chi connectivity index (χ4v) is 2.96. The summed E-state index contributed by atoms with van der Waals surface area (Å²) < 4.78 is 7.22. The van der Waals surface area contributed by atoms with Crippen molar-refractivity contribution in [2.45, 2.75) is 25.3 Å². The lowest BCUT2D eigenvalue weighted by atomic mass is 10.1. The summed E-state index contributed by atoms with van der Waals surface area (Å²) in [5, 5.41) is 8.21. The average Bonchev–Trinajstić information content (AvgIpc) is 3.19. The summed E-state index contributed by atoms with van der Waals surface area (Å²) in [6.45, 7) is 0. The van der Waals surface area contributed by atoms with Crippen molar-refractivity contribution in [1.82, 2.24) is 19.9 Å². The molecule has 112 valence electrons. The number of aryl methyl sites for hydroxylation is 1. The molecule has 0 amide bonds. The van der Waals surface area contributed by atoms with Crippen molar-refractivity contribution in [2.75, 3.05) is 0 Å².